The highest BCUT2D eigenvalue weighted by Crippen LogP contribution is 2.31. The number of hydrogen-bond acceptors (Lipinski definition) is 7. The zero-order chi connectivity index (χ0) is 22.7. The third kappa shape index (κ3) is 4.23. The van der Waals surface area contributed by atoms with Gasteiger partial charge < -0.3 is 4.74 Å². The van der Waals surface area contributed by atoms with Crippen LogP contribution in [0.2, 0.25) is 0 Å². The molecule has 0 radical (unpaired) electrons. The highest BCUT2D eigenvalue weighted by Gasteiger charge is 2.27. The van der Waals surface area contributed by atoms with Crippen molar-refractivity contribution >= 4 is 20.9 Å². The van der Waals surface area contributed by atoms with Gasteiger partial charge in [0.2, 0.25) is 0 Å². The van der Waals surface area contributed by atoms with Gasteiger partial charge in [-0.05, 0) is 35.9 Å². The summed E-state index contributed by atoms with van der Waals surface area (Å²) in [7, 11) is 0.594. The Bertz CT molecular complexity index is 1300. The van der Waals surface area contributed by atoms with Gasteiger partial charge in [0, 0.05) is 19.4 Å². The third-order valence-electron chi connectivity index (χ3n) is 4.87. The Hall–Kier alpha value is -3.25. The predicted octanol–water partition coefficient (Wildman–Crippen LogP) is 2.51. The van der Waals surface area contributed by atoms with E-state index in [0.29, 0.717) is 22.6 Å². The van der Waals surface area contributed by atoms with Gasteiger partial charge in [0.1, 0.15) is 18.1 Å². The summed E-state index contributed by atoms with van der Waals surface area (Å²) in [6, 6.07) is 13.7. The maximum absolute atomic E-state index is 12.8. The molecule has 2 aromatic carbocycles. The van der Waals surface area contributed by atoms with Crippen LogP contribution in [0.4, 0.5) is 0 Å². The number of aromatic nitrogens is 4. The standard InChI is InChI=1S/C21H23N5O5S/c1-24-19-12-16(14-25-11-7-10-22-25)13-20(29-2)21(19)18(23-24)15-31-26(30-3)32(27,28)17-8-5-4-6-9-17/h4-13H,14-15H2,1-3H3. The van der Waals surface area contributed by atoms with Gasteiger partial charge in [-0.25, -0.2) is 8.42 Å². The van der Waals surface area contributed by atoms with Gasteiger partial charge in [-0.3, -0.25) is 19.0 Å². The molecule has 0 saturated carbocycles. The molecule has 32 heavy (non-hydrogen) atoms. The molecule has 2 aromatic heterocycles. The van der Waals surface area contributed by atoms with Gasteiger partial charge in [-0.1, -0.05) is 18.2 Å². The lowest BCUT2D eigenvalue weighted by Gasteiger charge is -2.18. The molecule has 0 aliphatic rings. The molecule has 0 aliphatic heterocycles. The van der Waals surface area contributed by atoms with Crippen LogP contribution in [0.5, 0.6) is 5.75 Å². The zero-order valence-corrected chi connectivity index (χ0v) is 18.7. The van der Waals surface area contributed by atoms with Gasteiger partial charge in [0.25, 0.3) is 10.0 Å². The van der Waals surface area contributed by atoms with Crippen molar-refractivity contribution in [3.63, 3.8) is 0 Å². The monoisotopic (exact) mass is 457 g/mol. The van der Waals surface area contributed by atoms with Gasteiger partial charge in [0.05, 0.1) is 41.2 Å². The van der Waals surface area contributed by atoms with Crippen molar-refractivity contribution < 1.29 is 22.8 Å². The Balaban J connectivity index is 1.63. The molecule has 0 spiro atoms. The van der Waals surface area contributed by atoms with Crippen LogP contribution in [-0.4, -0.2) is 46.8 Å². The lowest BCUT2D eigenvalue weighted by atomic mass is 10.1. The summed E-state index contributed by atoms with van der Waals surface area (Å²) >= 11 is 0. The van der Waals surface area contributed by atoms with Gasteiger partial charge in [0.15, 0.2) is 0 Å². The van der Waals surface area contributed by atoms with Gasteiger partial charge >= 0.3 is 0 Å². The fourth-order valence-electron chi connectivity index (χ4n) is 3.43. The average molecular weight is 458 g/mol. The van der Waals surface area contributed by atoms with Gasteiger partial charge in [-0.2, -0.15) is 10.2 Å². The quantitative estimate of drug-likeness (QED) is 0.356. The van der Waals surface area contributed by atoms with E-state index in [4.69, 9.17) is 14.4 Å². The first-order valence-electron chi connectivity index (χ1n) is 9.71. The maximum Gasteiger partial charge on any atom is 0.288 e. The average Bonchev–Trinajstić information content (AvgIpc) is 3.42. The normalized spacial score (nSPS) is 12.0. The van der Waals surface area contributed by atoms with Crippen LogP contribution in [-0.2, 0) is 39.9 Å². The zero-order valence-electron chi connectivity index (χ0n) is 17.9. The minimum absolute atomic E-state index is 0.0496. The van der Waals surface area contributed by atoms with Crippen LogP contribution in [0.1, 0.15) is 11.3 Å². The van der Waals surface area contributed by atoms with E-state index in [0.717, 1.165) is 16.5 Å². The summed E-state index contributed by atoms with van der Waals surface area (Å²) in [5, 5.41) is 9.48. The van der Waals surface area contributed by atoms with Crippen molar-refractivity contribution in [2.24, 2.45) is 7.05 Å². The number of nitrogens with zero attached hydrogens (tertiary/aromatic N) is 5. The van der Waals surface area contributed by atoms with Crippen LogP contribution in [0, 0.1) is 0 Å². The lowest BCUT2D eigenvalue weighted by Crippen LogP contribution is -2.30. The topological polar surface area (TPSA) is 101 Å². The third-order valence-corrected chi connectivity index (χ3v) is 6.38. The molecule has 4 aromatic rings. The Kier molecular flexibility index (Phi) is 6.24. The molecule has 0 N–H and O–H groups in total. The molecule has 2 heterocycles. The van der Waals surface area contributed by atoms with Crippen molar-refractivity contribution in [3.05, 3.63) is 72.2 Å². The predicted molar refractivity (Wildman–Crippen MR) is 116 cm³/mol. The van der Waals surface area contributed by atoms with Crippen LogP contribution in [0.15, 0.2) is 65.8 Å². The van der Waals surface area contributed by atoms with E-state index < -0.39 is 10.0 Å². The lowest BCUT2D eigenvalue weighted by molar-refractivity contribution is -0.293. The molecule has 0 atom stereocenters. The van der Waals surface area contributed by atoms with Crippen LogP contribution < -0.4 is 4.74 Å². The van der Waals surface area contributed by atoms with Crippen LogP contribution >= 0.6 is 0 Å². The Morgan fingerprint density at radius 2 is 1.88 bits per heavy atom. The number of sulfonamides is 1. The first kappa shape index (κ1) is 22.0. The van der Waals surface area contributed by atoms with Crippen molar-refractivity contribution in [3.8, 4) is 5.75 Å². The molecule has 0 aliphatic carbocycles. The molecule has 0 bridgehead atoms. The maximum atomic E-state index is 12.8. The van der Waals surface area contributed by atoms with E-state index in [2.05, 4.69) is 10.2 Å². The number of fused-ring (bicyclic) bond motifs is 1. The Morgan fingerprint density at radius 3 is 2.53 bits per heavy atom. The minimum atomic E-state index is -4.01. The smallest absolute Gasteiger partial charge is 0.288 e. The summed E-state index contributed by atoms with van der Waals surface area (Å²) in [5.41, 5.74) is 2.31. The number of ether oxygens (including phenoxy) is 1. The number of methoxy groups -OCH3 is 1. The molecule has 0 unspecified atom stereocenters. The second-order valence-corrected chi connectivity index (χ2v) is 8.65. The highest BCUT2D eigenvalue weighted by atomic mass is 32.2. The summed E-state index contributed by atoms with van der Waals surface area (Å²) in [4.78, 5) is 10.6. The first-order chi connectivity index (χ1) is 15.4. The molecular weight excluding hydrogens is 434 g/mol. The number of benzene rings is 2. The molecule has 168 valence electrons. The number of rotatable bonds is 9. The van der Waals surface area contributed by atoms with E-state index in [1.54, 1.807) is 43.2 Å². The van der Waals surface area contributed by atoms with E-state index in [1.807, 2.05) is 29.1 Å². The summed E-state index contributed by atoms with van der Waals surface area (Å²) in [6.45, 7) is 0.426. The molecule has 10 nitrogen and oxygen atoms in total. The molecule has 11 heteroatoms. The second kappa shape index (κ2) is 9.09. The van der Waals surface area contributed by atoms with E-state index in [-0.39, 0.29) is 11.5 Å². The number of aryl methyl sites for hydroxylation is 1. The van der Waals surface area contributed by atoms with E-state index in [1.165, 1.54) is 19.2 Å². The van der Waals surface area contributed by atoms with Crippen molar-refractivity contribution in [2.45, 2.75) is 18.0 Å². The Labute approximate surface area is 185 Å². The minimum Gasteiger partial charge on any atom is -0.496 e. The molecule has 4 rings (SSSR count). The number of hydrogen-bond donors (Lipinski definition) is 0. The Morgan fingerprint density at radius 1 is 1.09 bits per heavy atom. The summed E-state index contributed by atoms with van der Waals surface area (Å²) < 4.78 is 35.2. The van der Waals surface area contributed by atoms with Crippen molar-refractivity contribution in [1.29, 1.82) is 0 Å². The first-order valence-corrected chi connectivity index (χ1v) is 11.2. The van der Waals surface area contributed by atoms with Crippen LogP contribution in [0.25, 0.3) is 10.9 Å². The van der Waals surface area contributed by atoms with Crippen molar-refractivity contribution in [1.82, 2.24) is 24.2 Å². The summed E-state index contributed by atoms with van der Waals surface area (Å²) in [5.74, 6) is 0.603. The summed E-state index contributed by atoms with van der Waals surface area (Å²) in [6.07, 6.45) is 3.60. The highest BCUT2D eigenvalue weighted by molar-refractivity contribution is 7.88. The second-order valence-electron chi connectivity index (χ2n) is 6.93. The molecular formula is C21H23N5O5S. The molecule has 0 saturated heterocycles. The van der Waals surface area contributed by atoms with Crippen molar-refractivity contribution in [2.75, 3.05) is 14.2 Å². The SMILES string of the molecule is COc1cc(Cn2cccn2)cc2c1c(CON(OC)S(=O)(=O)c1ccccc1)nn2C. The van der Waals surface area contributed by atoms with Gasteiger partial charge in [-0.15, -0.1) is 0 Å². The fraction of sp³-hybridized carbons (Fsp3) is 0.238. The molecule has 0 amide bonds. The fourth-order valence-corrected chi connectivity index (χ4v) is 4.49. The molecule has 0 fully saturated rings. The van der Waals surface area contributed by atoms with E-state index in [9.17, 15) is 8.42 Å². The van der Waals surface area contributed by atoms with Crippen LogP contribution in [0.3, 0.4) is 0 Å². The largest absolute Gasteiger partial charge is 0.496 e. The van der Waals surface area contributed by atoms with E-state index >= 15 is 0 Å².